The maximum atomic E-state index is 12.9. The Bertz CT molecular complexity index is 816. The molecule has 2 saturated heterocycles. The molecule has 28 heavy (non-hydrogen) atoms. The van der Waals surface area contributed by atoms with E-state index in [1.165, 1.54) is 45.3 Å². The molecule has 148 valence electrons. The van der Waals surface area contributed by atoms with Gasteiger partial charge in [-0.05, 0) is 72.7 Å². The Morgan fingerprint density at radius 1 is 1.11 bits per heavy atom. The molecule has 1 atom stereocenters. The molecular formula is C21H28N6O. The van der Waals surface area contributed by atoms with Gasteiger partial charge in [-0.1, -0.05) is 12.1 Å². The third-order valence-electron chi connectivity index (χ3n) is 6.65. The van der Waals surface area contributed by atoms with Crippen molar-refractivity contribution in [1.82, 2.24) is 30.0 Å². The van der Waals surface area contributed by atoms with E-state index in [0.717, 1.165) is 36.7 Å². The molecule has 1 saturated carbocycles. The second-order valence-corrected chi connectivity index (χ2v) is 8.94. The van der Waals surface area contributed by atoms with E-state index in [-0.39, 0.29) is 5.91 Å². The number of carbonyl (C=O) groups excluding carboxylic acids is 1. The number of nitrogens with zero attached hydrogens (tertiary/aromatic N) is 6. The molecule has 2 aliphatic heterocycles. The highest BCUT2D eigenvalue weighted by Gasteiger charge is 2.43. The number of tetrazole rings is 1. The average molecular weight is 380 g/mol. The largest absolute Gasteiger partial charge is 0.342 e. The van der Waals surface area contributed by atoms with E-state index in [0.29, 0.717) is 11.8 Å². The van der Waals surface area contributed by atoms with Gasteiger partial charge in [0.1, 0.15) is 6.33 Å². The maximum Gasteiger partial charge on any atom is 0.227 e. The van der Waals surface area contributed by atoms with Crippen LogP contribution in [-0.2, 0) is 11.2 Å². The van der Waals surface area contributed by atoms with Crippen LogP contribution < -0.4 is 0 Å². The van der Waals surface area contributed by atoms with Gasteiger partial charge >= 0.3 is 0 Å². The fraction of sp³-hybridized carbons (Fsp3) is 0.619. The lowest BCUT2D eigenvalue weighted by Gasteiger charge is -2.40. The summed E-state index contributed by atoms with van der Waals surface area (Å²) < 4.78 is 1.62. The van der Waals surface area contributed by atoms with Gasteiger partial charge in [-0.15, -0.1) is 5.10 Å². The van der Waals surface area contributed by atoms with Gasteiger partial charge in [0.2, 0.25) is 5.91 Å². The predicted molar refractivity (Wildman–Crippen MR) is 105 cm³/mol. The lowest BCUT2D eigenvalue weighted by atomic mass is 9.79. The highest BCUT2D eigenvalue weighted by atomic mass is 16.2. The molecule has 7 nitrogen and oxygen atoms in total. The van der Waals surface area contributed by atoms with Gasteiger partial charge in [-0.3, -0.25) is 4.79 Å². The summed E-state index contributed by atoms with van der Waals surface area (Å²) in [6, 6.07) is 7.92. The summed E-state index contributed by atoms with van der Waals surface area (Å²) in [5.74, 6) is 1.21. The van der Waals surface area contributed by atoms with E-state index in [2.05, 4.69) is 25.3 Å². The van der Waals surface area contributed by atoms with Crippen molar-refractivity contribution in [2.75, 3.05) is 32.7 Å². The number of rotatable bonds is 5. The minimum Gasteiger partial charge on any atom is -0.342 e. The number of hydrogen-bond acceptors (Lipinski definition) is 5. The van der Waals surface area contributed by atoms with Crippen molar-refractivity contribution in [1.29, 1.82) is 0 Å². The second kappa shape index (κ2) is 7.28. The van der Waals surface area contributed by atoms with Crippen LogP contribution in [0, 0.1) is 11.3 Å². The molecule has 1 spiro atoms. The highest BCUT2D eigenvalue weighted by molar-refractivity contribution is 5.79. The Kier molecular flexibility index (Phi) is 4.62. The van der Waals surface area contributed by atoms with Gasteiger partial charge < -0.3 is 9.80 Å². The number of amides is 1. The average Bonchev–Trinajstić information content (AvgIpc) is 3.18. The topological polar surface area (TPSA) is 67.2 Å². The van der Waals surface area contributed by atoms with E-state index < -0.39 is 0 Å². The molecule has 1 aliphatic carbocycles. The van der Waals surface area contributed by atoms with Crippen LogP contribution >= 0.6 is 0 Å². The molecule has 0 N–H and O–H groups in total. The monoisotopic (exact) mass is 380 g/mol. The molecule has 1 amide bonds. The summed E-state index contributed by atoms with van der Waals surface area (Å²) in [6.45, 7) is 5.58. The second-order valence-electron chi connectivity index (χ2n) is 8.94. The van der Waals surface area contributed by atoms with Crippen LogP contribution in [0.2, 0.25) is 0 Å². The van der Waals surface area contributed by atoms with Gasteiger partial charge in [-0.25, -0.2) is 4.68 Å². The first kappa shape index (κ1) is 17.8. The summed E-state index contributed by atoms with van der Waals surface area (Å²) in [7, 11) is 0. The standard InChI is InChI=1S/C21H28N6O/c28-20(12-17-4-6-19(7-5-17)27-16-22-23-24-27)26-11-9-21(15-26)8-1-10-25(14-21)13-18-2-3-18/h4-7,16,18H,1-3,8-15H2/t21-/m1/s1. The van der Waals surface area contributed by atoms with E-state index in [4.69, 9.17) is 0 Å². The molecule has 1 aromatic heterocycles. The van der Waals surface area contributed by atoms with Crippen LogP contribution in [0.15, 0.2) is 30.6 Å². The number of likely N-dealkylation sites (tertiary alicyclic amines) is 2. The summed E-state index contributed by atoms with van der Waals surface area (Å²) in [5, 5.41) is 11.2. The third-order valence-corrected chi connectivity index (χ3v) is 6.65. The quantitative estimate of drug-likeness (QED) is 0.793. The number of piperidine rings is 1. The van der Waals surface area contributed by atoms with Crippen LogP contribution in [0.4, 0.5) is 0 Å². The minimum absolute atomic E-state index is 0.256. The summed E-state index contributed by atoms with van der Waals surface area (Å²) >= 11 is 0. The van der Waals surface area contributed by atoms with E-state index in [1.807, 2.05) is 24.3 Å². The summed E-state index contributed by atoms with van der Waals surface area (Å²) in [5.41, 5.74) is 2.29. The van der Waals surface area contributed by atoms with Crippen LogP contribution in [0.5, 0.6) is 0 Å². The molecule has 3 fully saturated rings. The van der Waals surface area contributed by atoms with Crippen molar-refractivity contribution < 1.29 is 4.79 Å². The van der Waals surface area contributed by atoms with Crippen molar-refractivity contribution in [2.45, 2.75) is 38.5 Å². The lowest BCUT2D eigenvalue weighted by molar-refractivity contribution is -0.130. The van der Waals surface area contributed by atoms with Gasteiger partial charge in [0.15, 0.2) is 0 Å². The molecule has 0 bridgehead atoms. The number of hydrogen-bond donors (Lipinski definition) is 0. The lowest BCUT2D eigenvalue weighted by Crippen LogP contribution is -2.46. The van der Waals surface area contributed by atoms with Crippen LogP contribution in [0.1, 0.15) is 37.7 Å². The van der Waals surface area contributed by atoms with Crippen LogP contribution in [-0.4, -0.2) is 68.6 Å². The van der Waals surface area contributed by atoms with E-state index in [1.54, 1.807) is 11.0 Å². The van der Waals surface area contributed by atoms with Crippen molar-refractivity contribution in [3.05, 3.63) is 36.2 Å². The first-order valence-corrected chi connectivity index (χ1v) is 10.5. The maximum absolute atomic E-state index is 12.9. The summed E-state index contributed by atoms with van der Waals surface area (Å²) in [4.78, 5) is 17.7. The van der Waals surface area contributed by atoms with E-state index in [9.17, 15) is 4.79 Å². The van der Waals surface area contributed by atoms with Gasteiger partial charge in [0.05, 0.1) is 12.1 Å². The van der Waals surface area contributed by atoms with Crippen LogP contribution in [0.25, 0.3) is 5.69 Å². The molecule has 2 aromatic rings. The molecule has 3 heterocycles. The molecule has 0 radical (unpaired) electrons. The number of aromatic nitrogens is 4. The Hall–Kier alpha value is -2.28. The molecular weight excluding hydrogens is 352 g/mol. The first-order valence-electron chi connectivity index (χ1n) is 10.5. The Labute approximate surface area is 165 Å². The van der Waals surface area contributed by atoms with Crippen molar-refractivity contribution in [3.63, 3.8) is 0 Å². The van der Waals surface area contributed by atoms with Crippen molar-refractivity contribution >= 4 is 5.91 Å². The molecule has 1 aromatic carbocycles. The highest BCUT2D eigenvalue weighted by Crippen LogP contribution is 2.40. The smallest absolute Gasteiger partial charge is 0.227 e. The summed E-state index contributed by atoms with van der Waals surface area (Å²) in [6.07, 6.45) is 8.60. The Morgan fingerprint density at radius 3 is 2.71 bits per heavy atom. The van der Waals surface area contributed by atoms with Gasteiger partial charge in [-0.2, -0.15) is 0 Å². The van der Waals surface area contributed by atoms with Gasteiger partial charge in [0.25, 0.3) is 0 Å². The molecule has 5 rings (SSSR count). The van der Waals surface area contributed by atoms with Gasteiger partial charge in [0, 0.05) is 31.6 Å². The van der Waals surface area contributed by atoms with Crippen molar-refractivity contribution in [2.24, 2.45) is 11.3 Å². The Morgan fingerprint density at radius 2 is 1.96 bits per heavy atom. The zero-order valence-electron chi connectivity index (χ0n) is 16.3. The minimum atomic E-state index is 0.256. The zero-order valence-corrected chi connectivity index (χ0v) is 16.3. The molecule has 0 unspecified atom stereocenters. The van der Waals surface area contributed by atoms with E-state index >= 15 is 0 Å². The molecule has 3 aliphatic rings. The fourth-order valence-corrected chi connectivity index (χ4v) is 4.95. The third kappa shape index (κ3) is 3.81. The SMILES string of the molecule is O=C(Cc1ccc(-n2cnnn2)cc1)N1CC[C@@]2(CCCN(CC3CC3)C2)C1. The first-order chi connectivity index (χ1) is 13.7. The van der Waals surface area contributed by atoms with Crippen LogP contribution in [0.3, 0.4) is 0 Å². The predicted octanol–water partition coefficient (Wildman–Crippen LogP) is 1.93. The molecule has 7 heteroatoms. The zero-order chi connectivity index (χ0) is 19.0. The normalized spacial score (nSPS) is 25.5. The Balaban J connectivity index is 1.18. The number of carbonyl (C=O) groups is 1. The number of benzene rings is 1. The fourth-order valence-electron chi connectivity index (χ4n) is 4.95. The van der Waals surface area contributed by atoms with Crippen molar-refractivity contribution in [3.8, 4) is 5.69 Å².